The van der Waals surface area contributed by atoms with E-state index in [2.05, 4.69) is 53.7 Å². The van der Waals surface area contributed by atoms with Crippen LogP contribution in [0.1, 0.15) is 30.6 Å². The van der Waals surface area contributed by atoms with E-state index in [1.54, 1.807) is 11.1 Å². The molecule has 0 saturated carbocycles. The number of benzene rings is 1. The first-order valence-corrected chi connectivity index (χ1v) is 7.97. The summed E-state index contributed by atoms with van der Waals surface area (Å²) in [6.07, 6.45) is 4.64. The van der Waals surface area contributed by atoms with Gasteiger partial charge in [-0.3, -0.25) is 4.90 Å². The number of aromatic nitrogens is 1. The molecule has 3 fully saturated rings. The Morgan fingerprint density at radius 3 is 3.00 bits per heavy atom. The number of rotatable bonds is 0. The summed E-state index contributed by atoms with van der Waals surface area (Å²) in [4.78, 5) is 6.39. The van der Waals surface area contributed by atoms with Crippen LogP contribution in [0.3, 0.4) is 0 Å². The van der Waals surface area contributed by atoms with Gasteiger partial charge in [0.25, 0.3) is 0 Å². The van der Waals surface area contributed by atoms with Crippen LogP contribution in [0.2, 0.25) is 0 Å². The van der Waals surface area contributed by atoms with Gasteiger partial charge in [-0.15, -0.1) is 0 Å². The Morgan fingerprint density at radius 2 is 2.14 bits per heavy atom. The standard InChI is InChI=1S/C19H20N2/c1-3-12-10-21-17-9-15-13-6-4-5-7-16(13)20-19(15)18(21)8-14(12)11(17)2/h3-7,14,17-18,20H,2,8-10H2,1H3/b12-3+/t14-,17+,18+/m1/s1. The summed E-state index contributed by atoms with van der Waals surface area (Å²) in [6, 6.07) is 9.85. The lowest BCUT2D eigenvalue weighted by Gasteiger charge is -2.55. The largest absolute Gasteiger partial charge is 0.357 e. The molecule has 1 N–H and O–H groups in total. The average Bonchev–Trinajstić information content (AvgIpc) is 2.89. The highest BCUT2D eigenvalue weighted by atomic mass is 15.2. The highest BCUT2D eigenvalue weighted by Gasteiger charge is 2.49. The minimum absolute atomic E-state index is 0.546. The number of allylic oxidation sites excluding steroid dienone is 1. The first kappa shape index (κ1) is 11.8. The fourth-order valence-electron chi connectivity index (χ4n) is 4.85. The van der Waals surface area contributed by atoms with Gasteiger partial charge in [-0.1, -0.05) is 42.0 Å². The van der Waals surface area contributed by atoms with E-state index in [0.29, 0.717) is 18.0 Å². The van der Waals surface area contributed by atoms with Gasteiger partial charge in [0, 0.05) is 35.1 Å². The molecule has 4 atom stereocenters. The van der Waals surface area contributed by atoms with Gasteiger partial charge < -0.3 is 4.98 Å². The van der Waals surface area contributed by atoms with Crippen molar-refractivity contribution < 1.29 is 0 Å². The molecule has 3 saturated heterocycles. The van der Waals surface area contributed by atoms with E-state index in [-0.39, 0.29) is 0 Å². The zero-order valence-electron chi connectivity index (χ0n) is 12.4. The minimum Gasteiger partial charge on any atom is -0.357 e. The predicted octanol–water partition coefficient (Wildman–Crippen LogP) is 3.97. The Hall–Kier alpha value is -1.80. The van der Waals surface area contributed by atoms with Gasteiger partial charge in [0.05, 0.1) is 6.04 Å². The maximum absolute atomic E-state index is 4.46. The van der Waals surface area contributed by atoms with Gasteiger partial charge in [-0.2, -0.15) is 0 Å². The van der Waals surface area contributed by atoms with Crippen LogP contribution in [0.25, 0.3) is 10.9 Å². The number of hydrogen-bond donors (Lipinski definition) is 1. The van der Waals surface area contributed by atoms with Crippen molar-refractivity contribution >= 4 is 10.9 Å². The molecule has 0 radical (unpaired) electrons. The number of H-pyrrole nitrogens is 1. The molecule has 2 aromatic rings. The zero-order chi connectivity index (χ0) is 14.1. The maximum atomic E-state index is 4.46. The van der Waals surface area contributed by atoms with Gasteiger partial charge in [0.2, 0.25) is 0 Å². The smallest absolute Gasteiger partial charge is 0.0519 e. The quantitative estimate of drug-likeness (QED) is 0.721. The highest BCUT2D eigenvalue weighted by molar-refractivity contribution is 5.85. The van der Waals surface area contributed by atoms with Crippen LogP contribution in [0.15, 0.2) is 48.1 Å². The van der Waals surface area contributed by atoms with Gasteiger partial charge in [0.1, 0.15) is 0 Å². The molecule has 106 valence electrons. The fraction of sp³-hybridized carbons (Fsp3) is 0.368. The third kappa shape index (κ3) is 1.36. The Morgan fingerprint density at radius 1 is 1.29 bits per heavy atom. The molecular weight excluding hydrogens is 256 g/mol. The third-order valence-electron chi connectivity index (χ3n) is 5.90. The van der Waals surface area contributed by atoms with Crippen LogP contribution in [-0.4, -0.2) is 22.5 Å². The van der Waals surface area contributed by atoms with E-state index in [1.807, 2.05) is 0 Å². The van der Waals surface area contributed by atoms with Gasteiger partial charge in [-0.05, 0) is 31.4 Å². The molecule has 4 aliphatic heterocycles. The summed E-state index contributed by atoms with van der Waals surface area (Å²) in [7, 11) is 0. The lowest BCUT2D eigenvalue weighted by molar-refractivity contribution is 0.0629. The summed E-state index contributed by atoms with van der Waals surface area (Å²) < 4.78 is 0. The van der Waals surface area contributed by atoms with Crippen LogP contribution in [0, 0.1) is 5.92 Å². The molecule has 0 amide bonds. The first-order chi connectivity index (χ1) is 10.3. The van der Waals surface area contributed by atoms with E-state index in [4.69, 9.17) is 0 Å². The summed E-state index contributed by atoms with van der Waals surface area (Å²) in [6.45, 7) is 7.76. The Bertz CT molecular complexity index is 795. The first-order valence-electron chi connectivity index (χ1n) is 7.97. The molecule has 4 bridgehead atoms. The molecule has 2 nitrogen and oxygen atoms in total. The molecule has 1 unspecified atom stereocenters. The molecule has 1 aromatic heterocycles. The van der Waals surface area contributed by atoms with Crippen molar-refractivity contribution in [2.24, 2.45) is 5.92 Å². The van der Waals surface area contributed by atoms with Crippen LogP contribution < -0.4 is 0 Å². The Balaban J connectivity index is 1.72. The second kappa shape index (κ2) is 3.89. The van der Waals surface area contributed by atoms with Gasteiger partial charge in [-0.25, -0.2) is 0 Å². The normalized spacial score (nSPS) is 35.5. The molecule has 6 rings (SSSR count). The summed E-state index contributed by atoms with van der Waals surface area (Å²) in [5.41, 5.74) is 7.33. The molecule has 5 heterocycles. The van der Waals surface area contributed by atoms with Crippen molar-refractivity contribution in [1.29, 1.82) is 0 Å². The van der Waals surface area contributed by atoms with Crippen molar-refractivity contribution in [3.05, 3.63) is 59.3 Å². The van der Waals surface area contributed by atoms with Gasteiger partial charge in [0.15, 0.2) is 0 Å². The molecular formula is C19H20N2. The molecule has 2 heteroatoms. The summed E-state index contributed by atoms with van der Waals surface area (Å²) >= 11 is 0. The Kier molecular flexibility index (Phi) is 2.19. The number of nitrogens with one attached hydrogen (secondary N) is 1. The molecule has 4 aliphatic rings. The number of aromatic amines is 1. The van der Waals surface area contributed by atoms with Crippen molar-refractivity contribution in [2.75, 3.05) is 6.54 Å². The minimum atomic E-state index is 0.546. The summed E-state index contributed by atoms with van der Waals surface area (Å²) in [5.74, 6) is 0.606. The monoisotopic (exact) mass is 276 g/mol. The maximum Gasteiger partial charge on any atom is 0.0519 e. The zero-order valence-corrected chi connectivity index (χ0v) is 12.4. The predicted molar refractivity (Wildman–Crippen MR) is 86.2 cm³/mol. The van der Waals surface area contributed by atoms with E-state index >= 15 is 0 Å². The lowest BCUT2D eigenvalue weighted by atomic mass is 9.68. The van der Waals surface area contributed by atoms with E-state index in [0.717, 1.165) is 13.0 Å². The SMILES string of the molecule is C=C1[C@H]2C[C@H]3c4[nH]c5ccccc5c4C[C@@H]1N3C/C2=C\C. The van der Waals surface area contributed by atoms with E-state index in [1.165, 1.54) is 28.6 Å². The molecule has 0 spiro atoms. The topological polar surface area (TPSA) is 19.0 Å². The fourth-order valence-corrected chi connectivity index (χ4v) is 4.85. The number of para-hydroxylation sites is 1. The van der Waals surface area contributed by atoms with Gasteiger partial charge >= 0.3 is 0 Å². The van der Waals surface area contributed by atoms with Crippen LogP contribution in [0.5, 0.6) is 0 Å². The van der Waals surface area contributed by atoms with Crippen LogP contribution in [-0.2, 0) is 6.42 Å². The number of fused-ring (bicyclic) bond motifs is 4. The second-order valence-corrected chi connectivity index (χ2v) is 6.70. The van der Waals surface area contributed by atoms with Crippen molar-refractivity contribution in [1.82, 2.24) is 9.88 Å². The third-order valence-corrected chi connectivity index (χ3v) is 5.90. The number of hydrogen-bond acceptors (Lipinski definition) is 1. The van der Waals surface area contributed by atoms with Crippen LogP contribution >= 0.6 is 0 Å². The number of nitrogens with zero attached hydrogens (tertiary/aromatic N) is 1. The lowest BCUT2D eigenvalue weighted by Crippen LogP contribution is -2.56. The van der Waals surface area contributed by atoms with Crippen molar-refractivity contribution in [2.45, 2.75) is 31.8 Å². The highest BCUT2D eigenvalue weighted by Crippen LogP contribution is 2.53. The Labute approximate surface area is 125 Å². The van der Waals surface area contributed by atoms with E-state index < -0.39 is 0 Å². The second-order valence-electron chi connectivity index (χ2n) is 6.70. The van der Waals surface area contributed by atoms with Crippen LogP contribution in [0.4, 0.5) is 0 Å². The van der Waals surface area contributed by atoms with Crippen molar-refractivity contribution in [3.63, 3.8) is 0 Å². The van der Waals surface area contributed by atoms with Crippen molar-refractivity contribution in [3.8, 4) is 0 Å². The average molecular weight is 276 g/mol. The number of piperidine rings is 3. The van der Waals surface area contributed by atoms with E-state index in [9.17, 15) is 0 Å². The molecule has 1 aromatic carbocycles. The summed E-state index contributed by atoms with van der Waals surface area (Å²) in [5, 5.41) is 1.42. The molecule has 0 aliphatic carbocycles. The molecule has 21 heavy (non-hydrogen) atoms.